The molecule has 6 rings (SSSR count). The Morgan fingerprint density at radius 2 is 1.71 bits per heavy atom. The van der Waals surface area contributed by atoms with E-state index in [2.05, 4.69) is 15.0 Å². The van der Waals surface area contributed by atoms with Crippen molar-refractivity contribution < 1.29 is 39.9 Å². The maximum atomic E-state index is 13.7. The van der Waals surface area contributed by atoms with Crippen molar-refractivity contribution in [3.63, 3.8) is 0 Å². The summed E-state index contributed by atoms with van der Waals surface area (Å²) in [6.07, 6.45) is 2.64. The molecule has 3 aromatic rings. The molecule has 3 fully saturated rings. The van der Waals surface area contributed by atoms with E-state index in [1.807, 2.05) is 6.92 Å². The number of nitrogens with zero attached hydrogens (tertiary/aromatic N) is 1. The fourth-order valence-electron chi connectivity index (χ4n) is 6.04. The SMILES string of the molecule is CC1C2CC(S(=O)(=O)c3cc(C(=O)Nc4cc(F)c(F)c(F)c4)ccc3Cl)CC1C2(O)CNS(=O)(=O)c1cccnc1. The van der Waals surface area contributed by atoms with Crippen LogP contribution in [0.3, 0.4) is 0 Å². The van der Waals surface area contributed by atoms with Crippen molar-refractivity contribution in [2.75, 3.05) is 11.9 Å². The van der Waals surface area contributed by atoms with Crippen molar-refractivity contribution in [2.45, 2.75) is 40.4 Å². The van der Waals surface area contributed by atoms with Crippen LogP contribution in [0.25, 0.3) is 0 Å². The molecule has 0 saturated heterocycles. The normalized spacial score (nSPS) is 25.5. The Kier molecular flexibility index (Phi) is 7.90. The number of sulfone groups is 1. The number of amides is 1. The molecule has 0 aliphatic heterocycles. The van der Waals surface area contributed by atoms with Gasteiger partial charge in [0.25, 0.3) is 5.91 Å². The van der Waals surface area contributed by atoms with Crippen molar-refractivity contribution in [1.82, 2.24) is 9.71 Å². The molecule has 9 nitrogen and oxygen atoms in total. The molecule has 1 heterocycles. The summed E-state index contributed by atoms with van der Waals surface area (Å²) in [4.78, 5) is 16.1. The Labute approximate surface area is 245 Å². The average Bonchev–Trinajstić information content (AvgIpc) is 2.95. The van der Waals surface area contributed by atoms with E-state index in [0.29, 0.717) is 12.1 Å². The average molecular weight is 644 g/mol. The third kappa shape index (κ3) is 5.30. The quantitative estimate of drug-likeness (QED) is 0.316. The Morgan fingerprint density at radius 1 is 1.07 bits per heavy atom. The molecule has 2 aromatic carbocycles. The lowest BCUT2D eigenvalue weighted by Gasteiger charge is -2.62. The predicted octanol–water partition coefficient (Wildman–Crippen LogP) is 3.93. The van der Waals surface area contributed by atoms with E-state index in [4.69, 9.17) is 11.6 Å². The second-order valence-electron chi connectivity index (χ2n) is 10.6. The van der Waals surface area contributed by atoms with Crippen LogP contribution >= 0.6 is 11.6 Å². The van der Waals surface area contributed by atoms with Crippen molar-refractivity contribution in [2.24, 2.45) is 17.8 Å². The summed E-state index contributed by atoms with van der Waals surface area (Å²) < 4.78 is 95.5. The number of hydrogen-bond acceptors (Lipinski definition) is 7. The fourth-order valence-corrected chi connectivity index (χ4v) is 9.43. The number of carbonyl (C=O) groups excluding carboxylic acids is 1. The van der Waals surface area contributed by atoms with Crippen LogP contribution in [0.4, 0.5) is 18.9 Å². The number of anilines is 1. The number of aromatic nitrogens is 1. The summed E-state index contributed by atoms with van der Waals surface area (Å²) in [6.45, 7) is 1.55. The minimum atomic E-state index is -4.14. The van der Waals surface area contributed by atoms with Gasteiger partial charge in [0.15, 0.2) is 27.3 Å². The van der Waals surface area contributed by atoms with Crippen molar-refractivity contribution >= 4 is 43.1 Å². The van der Waals surface area contributed by atoms with Gasteiger partial charge in [-0.2, -0.15) is 0 Å². The van der Waals surface area contributed by atoms with E-state index >= 15 is 0 Å². The van der Waals surface area contributed by atoms with Crippen LogP contribution < -0.4 is 10.0 Å². The number of rotatable bonds is 8. The van der Waals surface area contributed by atoms with Gasteiger partial charge in [-0.1, -0.05) is 18.5 Å². The standard InChI is InChI=1S/C27H25ClF3N3O6S2/c1-14-19-10-18(11-20(14)27(19,36)13-33-42(39,40)17-3-2-6-32-12-17)41(37,38)24-7-15(4-5-21(24)28)26(35)34-16-8-22(29)25(31)23(30)9-16/h2-9,12,14,18-20,33,36H,10-11,13H2,1H3,(H,34,35). The number of fused-ring (bicyclic) bond motifs is 2. The first kappa shape index (κ1) is 30.4. The van der Waals surface area contributed by atoms with Gasteiger partial charge in [-0.05, 0) is 60.9 Å². The van der Waals surface area contributed by atoms with E-state index in [1.165, 1.54) is 36.7 Å². The van der Waals surface area contributed by atoms with Crippen LogP contribution in [0.2, 0.25) is 5.02 Å². The van der Waals surface area contributed by atoms with Gasteiger partial charge >= 0.3 is 0 Å². The molecule has 3 saturated carbocycles. The molecule has 42 heavy (non-hydrogen) atoms. The largest absolute Gasteiger partial charge is 0.388 e. The van der Waals surface area contributed by atoms with E-state index in [9.17, 15) is 39.9 Å². The summed E-state index contributed by atoms with van der Waals surface area (Å²) >= 11 is 6.23. The van der Waals surface area contributed by atoms with Gasteiger partial charge in [0.2, 0.25) is 10.0 Å². The second-order valence-corrected chi connectivity index (χ2v) is 14.9. The topological polar surface area (TPSA) is 143 Å². The van der Waals surface area contributed by atoms with Gasteiger partial charge in [0.05, 0.1) is 20.8 Å². The molecule has 3 aliphatic rings. The van der Waals surface area contributed by atoms with Crippen LogP contribution in [0, 0.1) is 35.2 Å². The zero-order valence-electron chi connectivity index (χ0n) is 21.9. The maximum Gasteiger partial charge on any atom is 0.255 e. The van der Waals surface area contributed by atoms with Crippen LogP contribution in [0.5, 0.6) is 0 Å². The highest BCUT2D eigenvalue weighted by Gasteiger charge is 2.64. The van der Waals surface area contributed by atoms with Gasteiger partial charge in [-0.25, -0.2) is 34.7 Å². The van der Waals surface area contributed by atoms with Crippen molar-refractivity contribution in [3.05, 3.63) is 82.9 Å². The van der Waals surface area contributed by atoms with E-state index < -0.39 is 65.9 Å². The molecule has 2 unspecified atom stereocenters. The zero-order chi connectivity index (χ0) is 30.6. The number of benzene rings is 2. The van der Waals surface area contributed by atoms with Crippen LogP contribution in [-0.4, -0.2) is 50.2 Å². The first-order chi connectivity index (χ1) is 19.6. The van der Waals surface area contributed by atoms with E-state index in [1.54, 1.807) is 0 Å². The lowest BCUT2D eigenvalue weighted by atomic mass is 9.48. The second kappa shape index (κ2) is 10.9. The molecular formula is C27H25ClF3N3O6S2. The van der Waals surface area contributed by atoms with Gasteiger partial charge in [-0.15, -0.1) is 0 Å². The van der Waals surface area contributed by atoms with Crippen molar-refractivity contribution in [3.8, 4) is 0 Å². The minimum Gasteiger partial charge on any atom is -0.388 e. The number of nitrogens with one attached hydrogen (secondary N) is 2. The molecule has 2 atom stereocenters. The molecule has 224 valence electrons. The summed E-state index contributed by atoms with van der Waals surface area (Å²) in [7, 11) is -8.10. The number of carbonyl (C=O) groups is 1. The first-order valence-electron chi connectivity index (χ1n) is 12.8. The number of halogens is 4. The molecule has 1 amide bonds. The Bertz CT molecular complexity index is 1740. The summed E-state index contributed by atoms with van der Waals surface area (Å²) in [5.74, 6) is -6.80. The first-order valence-corrected chi connectivity index (χ1v) is 16.2. The Balaban J connectivity index is 1.33. The molecule has 3 aliphatic carbocycles. The molecule has 15 heteroatoms. The monoisotopic (exact) mass is 643 g/mol. The lowest BCUT2D eigenvalue weighted by Crippen LogP contribution is -2.70. The third-order valence-corrected chi connectivity index (χ3v) is 12.3. The zero-order valence-corrected chi connectivity index (χ0v) is 24.3. The highest BCUT2D eigenvalue weighted by Crippen LogP contribution is 2.59. The summed E-state index contributed by atoms with van der Waals surface area (Å²) in [5, 5.41) is 12.5. The van der Waals surface area contributed by atoms with Gasteiger partial charge < -0.3 is 10.4 Å². The number of hydrogen-bond donors (Lipinski definition) is 3. The number of aliphatic hydroxyl groups is 1. The molecule has 2 bridgehead atoms. The van der Waals surface area contributed by atoms with Crippen LogP contribution in [-0.2, 0) is 19.9 Å². The fraction of sp³-hybridized carbons (Fsp3) is 0.333. The van der Waals surface area contributed by atoms with Crippen LogP contribution in [0.15, 0.2) is 64.6 Å². The van der Waals surface area contributed by atoms with Gasteiger partial charge in [-0.3, -0.25) is 9.78 Å². The molecule has 1 aromatic heterocycles. The van der Waals surface area contributed by atoms with Gasteiger partial charge in [0, 0.05) is 42.3 Å². The lowest BCUT2D eigenvalue weighted by molar-refractivity contribution is -0.211. The highest BCUT2D eigenvalue weighted by atomic mass is 35.5. The predicted molar refractivity (Wildman–Crippen MR) is 146 cm³/mol. The van der Waals surface area contributed by atoms with E-state index in [-0.39, 0.29) is 51.4 Å². The number of pyridine rings is 1. The van der Waals surface area contributed by atoms with Gasteiger partial charge in [0.1, 0.15) is 4.90 Å². The molecule has 0 radical (unpaired) electrons. The molecule has 3 N–H and O–H groups in total. The van der Waals surface area contributed by atoms with Crippen molar-refractivity contribution in [1.29, 1.82) is 0 Å². The Hall–Kier alpha value is -3.04. The minimum absolute atomic E-state index is 0.0198. The summed E-state index contributed by atoms with van der Waals surface area (Å²) in [5.41, 5.74) is -2.03. The third-order valence-electron chi connectivity index (χ3n) is 8.26. The highest BCUT2D eigenvalue weighted by molar-refractivity contribution is 7.92. The summed E-state index contributed by atoms with van der Waals surface area (Å²) in [6, 6.07) is 7.45. The smallest absolute Gasteiger partial charge is 0.255 e. The maximum absolute atomic E-state index is 13.7. The Morgan fingerprint density at radius 3 is 2.31 bits per heavy atom. The molecule has 0 spiro atoms. The number of sulfonamides is 1. The molecular weight excluding hydrogens is 619 g/mol. The van der Waals surface area contributed by atoms with Crippen LogP contribution in [0.1, 0.15) is 30.1 Å². The van der Waals surface area contributed by atoms with E-state index in [0.717, 1.165) is 6.07 Å².